The van der Waals surface area contributed by atoms with Gasteiger partial charge in [-0.1, -0.05) is 91.0 Å². The molecule has 202 valence electrons. The molecule has 0 spiro atoms. The van der Waals surface area contributed by atoms with Crippen molar-refractivity contribution >= 4 is 81.3 Å². The van der Waals surface area contributed by atoms with E-state index in [0.29, 0.717) is 0 Å². The van der Waals surface area contributed by atoms with Crippen molar-refractivity contribution in [2.75, 3.05) is 4.90 Å². The second kappa shape index (κ2) is 9.59. The molecule has 0 saturated carbocycles. The van der Waals surface area contributed by atoms with E-state index in [-0.39, 0.29) is 0 Å². The highest BCUT2D eigenvalue weighted by Crippen LogP contribution is 2.41. The predicted octanol–water partition coefficient (Wildman–Crippen LogP) is 12.2. The summed E-state index contributed by atoms with van der Waals surface area (Å²) in [6.07, 6.45) is 0. The second-order valence-electron chi connectivity index (χ2n) is 11.0. The molecule has 0 bridgehead atoms. The Morgan fingerprint density at radius 2 is 1.09 bits per heavy atom. The minimum atomic E-state index is 0.915. The van der Waals surface area contributed by atoms with E-state index in [2.05, 4.69) is 157 Å². The summed E-state index contributed by atoms with van der Waals surface area (Å²) in [5.41, 5.74) is 7.62. The minimum Gasteiger partial charge on any atom is -0.455 e. The highest BCUT2D eigenvalue weighted by atomic mass is 32.1. The molecular formula is C40H25NOS. The molecule has 9 aromatic rings. The molecule has 0 unspecified atom stereocenters. The van der Waals surface area contributed by atoms with Gasteiger partial charge in [-0.2, -0.15) is 0 Å². The van der Waals surface area contributed by atoms with Gasteiger partial charge in [0, 0.05) is 53.4 Å². The van der Waals surface area contributed by atoms with Gasteiger partial charge in [0.05, 0.1) is 0 Å². The highest BCUT2D eigenvalue weighted by molar-refractivity contribution is 7.25. The van der Waals surface area contributed by atoms with Crippen LogP contribution in [0.25, 0.3) is 64.0 Å². The third-order valence-corrected chi connectivity index (χ3v) is 9.59. The van der Waals surface area contributed by atoms with Crippen molar-refractivity contribution in [1.82, 2.24) is 0 Å². The maximum absolute atomic E-state index is 6.35. The Kier molecular flexibility index (Phi) is 5.40. The predicted molar refractivity (Wildman–Crippen MR) is 184 cm³/mol. The van der Waals surface area contributed by atoms with Crippen molar-refractivity contribution in [3.05, 3.63) is 152 Å². The van der Waals surface area contributed by atoms with Crippen LogP contribution >= 0.6 is 11.3 Å². The SMILES string of the molecule is c1ccc(N(c2ccc(-c3ccc4oc5c6ccccc6ccc5c4c3)cc2)c2ccc3c(c2)sc2ccccc23)cc1. The highest BCUT2D eigenvalue weighted by Gasteiger charge is 2.16. The maximum Gasteiger partial charge on any atom is 0.143 e. The molecule has 2 aromatic heterocycles. The lowest BCUT2D eigenvalue weighted by Gasteiger charge is -2.25. The maximum atomic E-state index is 6.35. The Balaban J connectivity index is 1.13. The molecule has 0 aliphatic rings. The van der Waals surface area contributed by atoms with Crippen LogP contribution in [0.4, 0.5) is 17.1 Å². The van der Waals surface area contributed by atoms with Crippen molar-refractivity contribution in [2.24, 2.45) is 0 Å². The van der Waals surface area contributed by atoms with Gasteiger partial charge >= 0.3 is 0 Å². The molecule has 7 aromatic carbocycles. The molecule has 0 N–H and O–H groups in total. The molecule has 0 aliphatic carbocycles. The number of anilines is 3. The van der Waals surface area contributed by atoms with Crippen molar-refractivity contribution in [3.63, 3.8) is 0 Å². The summed E-state index contributed by atoms with van der Waals surface area (Å²) >= 11 is 1.85. The number of nitrogens with zero attached hydrogens (tertiary/aromatic N) is 1. The fourth-order valence-corrected chi connectivity index (χ4v) is 7.50. The largest absolute Gasteiger partial charge is 0.455 e. The van der Waals surface area contributed by atoms with Crippen LogP contribution in [-0.4, -0.2) is 0 Å². The van der Waals surface area contributed by atoms with E-state index < -0.39 is 0 Å². The summed E-state index contributed by atoms with van der Waals surface area (Å²) in [6, 6.07) is 54.3. The lowest BCUT2D eigenvalue weighted by Crippen LogP contribution is -2.09. The monoisotopic (exact) mass is 567 g/mol. The molecule has 3 heteroatoms. The van der Waals surface area contributed by atoms with Crippen LogP contribution in [0.2, 0.25) is 0 Å². The van der Waals surface area contributed by atoms with Crippen molar-refractivity contribution in [2.45, 2.75) is 0 Å². The number of hydrogen-bond donors (Lipinski definition) is 0. The average molecular weight is 568 g/mol. The molecule has 2 heterocycles. The molecular weight excluding hydrogens is 543 g/mol. The molecule has 43 heavy (non-hydrogen) atoms. The lowest BCUT2D eigenvalue weighted by atomic mass is 10.0. The molecule has 0 atom stereocenters. The van der Waals surface area contributed by atoms with Gasteiger partial charge < -0.3 is 9.32 Å². The quantitative estimate of drug-likeness (QED) is 0.210. The first-order valence-electron chi connectivity index (χ1n) is 14.5. The van der Waals surface area contributed by atoms with Gasteiger partial charge in [0.2, 0.25) is 0 Å². The molecule has 9 rings (SSSR count). The standard InChI is InChI=1S/C40H25NOS/c1-2-9-29(10-3-1)41(31-20-22-34-33-12-6-7-13-38(33)43-39(34)25-31)30-18-14-26(15-19-30)28-17-23-37-36(24-28)35-21-16-27-8-4-5-11-32(27)40(35)42-37/h1-25H. The third-order valence-electron chi connectivity index (χ3n) is 8.46. The van der Waals surface area contributed by atoms with Crippen LogP contribution in [0.15, 0.2) is 156 Å². The number of para-hydroxylation sites is 1. The van der Waals surface area contributed by atoms with Crippen molar-refractivity contribution in [1.29, 1.82) is 0 Å². The van der Waals surface area contributed by atoms with Crippen LogP contribution in [0, 0.1) is 0 Å². The first-order valence-corrected chi connectivity index (χ1v) is 15.3. The summed E-state index contributed by atoms with van der Waals surface area (Å²) in [5.74, 6) is 0. The van der Waals surface area contributed by atoms with Gasteiger partial charge in [-0.3, -0.25) is 0 Å². The zero-order valence-corrected chi connectivity index (χ0v) is 24.0. The van der Waals surface area contributed by atoms with Crippen LogP contribution in [-0.2, 0) is 0 Å². The second-order valence-corrected chi connectivity index (χ2v) is 12.1. The first-order chi connectivity index (χ1) is 21.3. The fraction of sp³-hybridized carbons (Fsp3) is 0. The number of fused-ring (bicyclic) bond motifs is 8. The molecule has 0 radical (unpaired) electrons. The zero-order valence-electron chi connectivity index (χ0n) is 23.2. The fourth-order valence-electron chi connectivity index (χ4n) is 6.36. The van der Waals surface area contributed by atoms with E-state index >= 15 is 0 Å². The van der Waals surface area contributed by atoms with Gasteiger partial charge in [-0.05, 0) is 77.2 Å². The van der Waals surface area contributed by atoms with E-state index in [4.69, 9.17) is 4.42 Å². The Bertz CT molecular complexity index is 2450. The normalized spacial score (nSPS) is 11.7. The van der Waals surface area contributed by atoms with Gasteiger partial charge in [0.25, 0.3) is 0 Å². The van der Waals surface area contributed by atoms with Crippen LogP contribution in [0.5, 0.6) is 0 Å². The Morgan fingerprint density at radius 1 is 0.419 bits per heavy atom. The van der Waals surface area contributed by atoms with Crippen LogP contribution < -0.4 is 4.90 Å². The van der Waals surface area contributed by atoms with Crippen LogP contribution in [0.3, 0.4) is 0 Å². The van der Waals surface area contributed by atoms with Gasteiger partial charge in [0.1, 0.15) is 11.2 Å². The number of furan rings is 1. The van der Waals surface area contributed by atoms with Gasteiger partial charge in [-0.15, -0.1) is 11.3 Å². The third kappa shape index (κ3) is 3.93. The number of benzene rings is 7. The van der Waals surface area contributed by atoms with Crippen molar-refractivity contribution < 1.29 is 4.42 Å². The molecule has 0 fully saturated rings. The van der Waals surface area contributed by atoms with E-state index in [9.17, 15) is 0 Å². The van der Waals surface area contributed by atoms with E-state index in [1.807, 2.05) is 11.3 Å². The number of hydrogen-bond acceptors (Lipinski definition) is 3. The average Bonchev–Trinajstić information content (AvgIpc) is 3.63. The Hall–Kier alpha value is -5.38. The molecule has 2 nitrogen and oxygen atoms in total. The topological polar surface area (TPSA) is 16.4 Å². The summed E-state index contributed by atoms with van der Waals surface area (Å²) in [4.78, 5) is 2.34. The molecule has 0 amide bonds. The minimum absolute atomic E-state index is 0.915. The van der Waals surface area contributed by atoms with E-state index in [0.717, 1.165) is 44.4 Å². The van der Waals surface area contributed by atoms with E-state index in [1.165, 1.54) is 36.7 Å². The van der Waals surface area contributed by atoms with Crippen molar-refractivity contribution in [3.8, 4) is 11.1 Å². The van der Waals surface area contributed by atoms with Gasteiger partial charge in [0.15, 0.2) is 0 Å². The van der Waals surface area contributed by atoms with Gasteiger partial charge in [-0.25, -0.2) is 0 Å². The summed E-state index contributed by atoms with van der Waals surface area (Å²) < 4.78 is 8.97. The van der Waals surface area contributed by atoms with Crippen LogP contribution in [0.1, 0.15) is 0 Å². The lowest BCUT2D eigenvalue weighted by molar-refractivity contribution is 0.672. The summed E-state index contributed by atoms with van der Waals surface area (Å²) in [7, 11) is 0. The Morgan fingerprint density at radius 3 is 1.98 bits per heavy atom. The summed E-state index contributed by atoms with van der Waals surface area (Å²) in [5, 5.41) is 7.27. The van der Waals surface area contributed by atoms with E-state index in [1.54, 1.807) is 0 Å². The number of thiophene rings is 1. The Labute approximate surface area is 252 Å². The molecule has 0 saturated heterocycles. The summed E-state index contributed by atoms with van der Waals surface area (Å²) in [6.45, 7) is 0. The molecule has 0 aliphatic heterocycles. The zero-order chi connectivity index (χ0) is 28.3. The first kappa shape index (κ1) is 24.2. The smallest absolute Gasteiger partial charge is 0.143 e. The number of rotatable bonds is 4.